The van der Waals surface area contributed by atoms with Crippen LogP contribution >= 0.6 is 22.9 Å². The van der Waals surface area contributed by atoms with Crippen molar-refractivity contribution in [2.24, 2.45) is 11.3 Å². The Morgan fingerprint density at radius 1 is 1.19 bits per heavy atom. The SMILES string of the molecule is CC(C)[C@@H]1COc2ccccc2C(=O)NC/C=C/CC2(CCN(CC(=O)Nc3nc4ccc(Cl)cc4s3)CC2)C(=O)N1. The monoisotopic (exact) mass is 609 g/mol. The molecule has 3 N–H and O–H groups in total. The molecule has 2 aliphatic rings. The Labute approximate surface area is 254 Å². The van der Waals surface area contributed by atoms with Crippen LogP contribution in [0.5, 0.6) is 5.75 Å². The number of carbonyl (C=O) groups is 3. The number of hydrogen-bond donors (Lipinski definition) is 3. The Bertz CT molecular complexity index is 1480. The number of aromatic nitrogens is 1. The van der Waals surface area contributed by atoms with Gasteiger partial charge in [-0.25, -0.2) is 4.98 Å². The molecule has 0 radical (unpaired) electrons. The van der Waals surface area contributed by atoms with Crippen molar-refractivity contribution < 1.29 is 19.1 Å². The molecule has 222 valence electrons. The van der Waals surface area contributed by atoms with Gasteiger partial charge in [0.1, 0.15) is 12.4 Å². The van der Waals surface area contributed by atoms with Crippen LogP contribution in [-0.4, -0.2) is 66.4 Å². The number of hydrogen-bond acceptors (Lipinski definition) is 7. The van der Waals surface area contributed by atoms with E-state index in [-0.39, 0.29) is 42.8 Å². The fraction of sp³-hybridized carbons (Fsp3) is 0.419. The Morgan fingerprint density at radius 3 is 2.76 bits per heavy atom. The quantitative estimate of drug-likeness (QED) is 0.364. The number of ether oxygens (including phenoxy) is 1. The number of para-hydroxylation sites is 1. The Balaban J connectivity index is 1.24. The number of fused-ring (bicyclic) bond motifs is 2. The topological polar surface area (TPSA) is 113 Å². The summed E-state index contributed by atoms with van der Waals surface area (Å²) in [5.41, 5.74) is 0.646. The van der Waals surface area contributed by atoms with E-state index in [9.17, 15) is 14.4 Å². The first-order valence-electron chi connectivity index (χ1n) is 14.3. The molecular weight excluding hydrogens is 574 g/mol. The summed E-state index contributed by atoms with van der Waals surface area (Å²) in [6, 6.07) is 12.4. The first kappa shape index (κ1) is 30.0. The Morgan fingerprint density at radius 2 is 1.98 bits per heavy atom. The lowest BCUT2D eigenvalue weighted by Gasteiger charge is -2.41. The number of benzene rings is 2. The second-order valence-corrected chi connectivity index (χ2v) is 12.7. The minimum Gasteiger partial charge on any atom is -0.491 e. The van der Waals surface area contributed by atoms with Gasteiger partial charge in [-0.2, -0.15) is 0 Å². The van der Waals surface area contributed by atoms with Crippen molar-refractivity contribution in [3.63, 3.8) is 0 Å². The average Bonchev–Trinajstić information content (AvgIpc) is 3.36. The van der Waals surface area contributed by atoms with Crippen LogP contribution < -0.4 is 20.7 Å². The van der Waals surface area contributed by atoms with Gasteiger partial charge in [0.05, 0.1) is 33.8 Å². The van der Waals surface area contributed by atoms with Gasteiger partial charge >= 0.3 is 0 Å². The van der Waals surface area contributed by atoms with Crippen molar-refractivity contribution in [1.82, 2.24) is 20.5 Å². The summed E-state index contributed by atoms with van der Waals surface area (Å²) < 4.78 is 6.99. The Kier molecular flexibility index (Phi) is 9.45. The summed E-state index contributed by atoms with van der Waals surface area (Å²) in [6.07, 6.45) is 5.65. The molecule has 5 rings (SSSR count). The van der Waals surface area contributed by atoms with E-state index in [1.54, 1.807) is 24.3 Å². The molecule has 0 unspecified atom stereocenters. The first-order chi connectivity index (χ1) is 20.2. The summed E-state index contributed by atoms with van der Waals surface area (Å²) >= 11 is 7.47. The predicted octanol–water partition coefficient (Wildman–Crippen LogP) is 4.88. The van der Waals surface area contributed by atoms with Crippen molar-refractivity contribution in [2.75, 3.05) is 38.1 Å². The predicted molar refractivity (Wildman–Crippen MR) is 166 cm³/mol. The van der Waals surface area contributed by atoms with E-state index in [1.807, 2.05) is 44.2 Å². The normalized spacial score (nSPS) is 20.7. The molecule has 0 bridgehead atoms. The number of likely N-dealkylation sites (tertiary alicyclic amines) is 1. The van der Waals surface area contributed by atoms with Gasteiger partial charge in [-0.15, -0.1) is 0 Å². The number of halogens is 1. The van der Waals surface area contributed by atoms with Gasteiger partial charge < -0.3 is 20.7 Å². The highest BCUT2D eigenvalue weighted by Crippen LogP contribution is 2.36. The molecular formula is C31H36ClN5O4S. The van der Waals surface area contributed by atoms with Crippen LogP contribution in [0, 0.1) is 11.3 Å². The van der Waals surface area contributed by atoms with E-state index in [2.05, 4.69) is 25.8 Å². The second kappa shape index (κ2) is 13.2. The second-order valence-electron chi connectivity index (χ2n) is 11.3. The molecule has 1 saturated heterocycles. The molecule has 1 aromatic heterocycles. The van der Waals surface area contributed by atoms with Crippen molar-refractivity contribution in [2.45, 2.75) is 39.2 Å². The summed E-state index contributed by atoms with van der Waals surface area (Å²) in [5.74, 6) is 0.276. The first-order valence-corrected chi connectivity index (χ1v) is 15.5. The number of allylic oxidation sites excluding steroid dienone is 1. The third kappa shape index (κ3) is 7.11. The van der Waals surface area contributed by atoms with E-state index in [0.29, 0.717) is 60.4 Å². The van der Waals surface area contributed by atoms with Gasteiger partial charge in [-0.05, 0) is 68.6 Å². The molecule has 0 saturated carbocycles. The highest BCUT2D eigenvalue weighted by Gasteiger charge is 2.41. The maximum absolute atomic E-state index is 13.9. The zero-order valence-electron chi connectivity index (χ0n) is 23.8. The lowest BCUT2D eigenvalue weighted by atomic mass is 9.74. The number of rotatable bonds is 4. The number of thiazole rings is 1. The number of amides is 3. The van der Waals surface area contributed by atoms with Crippen LogP contribution in [0.3, 0.4) is 0 Å². The maximum Gasteiger partial charge on any atom is 0.255 e. The van der Waals surface area contributed by atoms with Gasteiger partial charge in [0.2, 0.25) is 11.8 Å². The lowest BCUT2D eigenvalue weighted by molar-refractivity contribution is -0.135. The molecule has 11 heteroatoms. The molecule has 9 nitrogen and oxygen atoms in total. The largest absolute Gasteiger partial charge is 0.491 e. The Hall–Kier alpha value is -3.47. The van der Waals surface area contributed by atoms with Crippen LogP contribution in [0.4, 0.5) is 5.13 Å². The highest BCUT2D eigenvalue weighted by molar-refractivity contribution is 7.22. The van der Waals surface area contributed by atoms with Crippen LogP contribution in [0.1, 0.15) is 43.5 Å². The van der Waals surface area contributed by atoms with Crippen LogP contribution in [0.25, 0.3) is 10.2 Å². The fourth-order valence-electron chi connectivity index (χ4n) is 5.30. The molecule has 3 heterocycles. The zero-order valence-corrected chi connectivity index (χ0v) is 25.4. The molecule has 2 aliphatic heterocycles. The van der Waals surface area contributed by atoms with Gasteiger partial charge in [-0.1, -0.05) is 61.1 Å². The number of nitrogens with zero attached hydrogens (tertiary/aromatic N) is 2. The van der Waals surface area contributed by atoms with Gasteiger partial charge in [0.25, 0.3) is 5.91 Å². The summed E-state index contributed by atoms with van der Waals surface area (Å²) in [6.45, 7) is 6.13. The molecule has 0 aliphatic carbocycles. The molecule has 2 aromatic carbocycles. The van der Waals surface area contributed by atoms with Crippen molar-refractivity contribution in [3.8, 4) is 5.75 Å². The van der Waals surface area contributed by atoms with Gasteiger partial charge in [0.15, 0.2) is 5.13 Å². The lowest BCUT2D eigenvalue weighted by Crippen LogP contribution is -2.54. The summed E-state index contributed by atoms with van der Waals surface area (Å²) in [5, 5.41) is 10.3. The van der Waals surface area contributed by atoms with Gasteiger partial charge in [0, 0.05) is 11.6 Å². The van der Waals surface area contributed by atoms with E-state index in [4.69, 9.17) is 16.3 Å². The molecule has 1 spiro atoms. The number of carbonyl (C=O) groups excluding carboxylic acids is 3. The van der Waals surface area contributed by atoms with Crippen molar-refractivity contribution in [1.29, 1.82) is 0 Å². The summed E-state index contributed by atoms with van der Waals surface area (Å²) in [7, 11) is 0. The smallest absolute Gasteiger partial charge is 0.255 e. The fourth-order valence-corrected chi connectivity index (χ4v) is 6.46. The number of nitrogens with one attached hydrogen (secondary N) is 3. The average molecular weight is 610 g/mol. The van der Waals surface area contributed by atoms with Gasteiger partial charge in [-0.3, -0.25) is 19.3 Å². The zero-order chi connectivity index (χ0) is 29.7. The third-order valence-corrected chi connectivity index (χ3v) is 9.15. The number of anilines is 1. The van der Waals surface area contributed by atoms with Crippen LogP contribution in [0.2, 0.25) is 5.02 Å². The van der Waals surface area contributed by atoms with Crippen molar-refractivity contribution in [3.05, 3.63) is 65.2 Å². The summed E-state index contributed by atoms with van der Waals surface area (Å²) in [4.78, 5) is 46.1. The maximum atomic E-state index is 13.9. The minimum atomic E-state index is -0.616. The van der Waals surface area contributed by atoms with E-state index >= 15 is 0 Å². The highest BCUT2D eigenvalue weighted by atomic mass is 35.5. The molecule has 1 fully saturated rings. The van der Waals surface area contributed by atoms with E-state index in [0.717, 1.165) is 10.2 Å². The standard InChI is InChI=1S/C31H36ClN5O4S/c1-20(2)24-19-41-25-8-4-3-7-22(25)28(39)33-14-6-5-11-31(29(40)34-24)12-15-37(16-13-31)18-27(38)36-30-35-23-10-9-21(32)17-26(23)42-30/h3-10,17,20,24H,11-16,18-19H2,1-2H3,(H,33,39)(H,34,40)(H,35,36,38)/b6-5+/t24-/m0/s1. The third-order valence-electron chi connectivity index (χ3n) is 7.99. The van der Waals surface area contributed by atoms with Crippen molar-refractivity contribution >= 4 is 56.0 Å². The van der Waals surface area contributed by atoms with E-state index in [1.165, 1.54) is 11.3 Å². The molecule has 42 heavy (non-hydrogen) atoms. The molecule has 3 amide bonds. The number of piperidine rings is 1. The van der Waals surface area contributed by atoms with Crippen LogP contribution in [0.15, 0.2) is 54.6 Å². The molecule has 1 atom stereocenters. The molecule has 3 aromatic rings. The van der Waals surface area contributed by atoms with E-state index < -0.39 is 5.41 Å². The minimum absolute atomic E-state index is 0.000989. The van der Waals surface area contributed by atoms with Crippen LogP contribution in [-0.2, 0) is 9.59 Å².